The summed E-state index contributed by atoms with van der Waals surface area (Å²) >= 11 is 3.52. The van der Waals surface area contributed by atoms with Crippen molar-refractivity contribution >= 4 is 38.4 Å². The van der Waals surface area contributed by atoms with Crippen LogP contribution in [0, 0.1) is 0 Å². The summed E-state index contributed by atoms with van der Waals surface area (Å²) < 4.78 is 1.02. The SMILES string of the molecule is CC1(C)CCC(C)(C)c2cc3cc(C=C(CO)c4cccc(Br)c4)ccc3cc21. The molecule has 29 heavy (non-hydrogen) atoms. The molecule has 150 valence electrons. The average molecular weight is 449 g/mol. The van der Waals surface area contributed by atoms with Gasteiger partial charge in [0, 0.05) is 4.47 Å². The smallest absolute Gasteiger partial charge is 0.0687 e. The van der Waals surface area contributed by atoms with Crippen LogP contribution in [0.25, 0.3) is 22.4 Å². The molecule has 1 nitrogen and oxygen atoms in total. The molecule has 0 radical (unpaired) electrons. The molecule has 0 spiro atoms. The Bertz CT molecular complexity index is 1100. The summed E-state index contributed by atoms with van der Waals surface area (Å²) in [4.78, 5) is 0. The van der Waals surface area contributed by atoms with Crippen LogP contribution in [0.2, 0.25) is 0 Å². The number of fused-ring (bicyclic) bond motifs is 2. The van der Waals surface area contributed by atoms with Gasteiger partial charge in [0.2, 0.25) is 0 Å². The Morgan fingerprint density at radius 2 is 1.55 bits per heavy atom. The van der Waals surface area contributed by atoms with Gasteiger partial charge in [-0.05, 0) is 86.5 Å². The molecule has 3 aromatic rings. The predicted octanol–water partition coefficient (Wildman–Crippen LogP) is 7.48. The third kappa shape index (κ3) is 3.93. The third-order valence-electron chi connectivity index (χ3n) is 6.54. The van der Waals surface area contributed by atoms with E-state index in [9.17, 15) is 5.11 Å². The van der Waals surface area contributed by atoms with E-state index in [1.165, 1.54) is 34.7 Å². The van der Waals surface area contributed by atoms with Gasteiger partial charge in [0.1, 0.15) is 0 Å². The molecule has 0 aliphatic heterocycles. The van der Waals surface area contributed by atoms with E-state index in [0.717, 1.165) is 21.2 Å². The highest BCUT2D eigenvalue weighted by Crippen LogP contribution is 2.47. The second-order valence-electron chi connectivity index (χ2n) is 9.61. The third-order valence-corrected chi connectivity index (χ3v) is 7.03. The molecule has 0 heterocycles. The van der Waals surface area contributed by atoms with Gasteiger partial charge in [-0.3, -0.25) is 0 Å². The van der Waals surface area contributed by atoms with Crippen LogP contribution in [0.15, 0.2) is 59.1 Å². The molecule has 1 aliphatic carbocycles. The molecule has 4 rings (SSSR count). The number of hydrogen-bond acceptors (Lipinski definition) is 1. The van der Waals surface area contributed by atoms with Gasteiger partial charge in [-0.15, -0.1) is 0 Å². The lowest BCUT2D eigenvalue weighted by atomic mass is 9.63. The number of rotatable bonds is 3. The minimum absolute atomic E-state index is 0.0138. The highest BCUT2D eigenvalue weighted by molar-refractivity contribution is 9.10. The summed E-state index contributed by atoms with van der Waals surface area (Å²) in [6.07, 6.45) is 4.54. The minimum Gasteiger partial charge on any atom is -0.392 e. The largest absolute Gasteiger partial charge is 0.392 e. The first-order valence-electron chi connectivity index (χ1n) is 10.4. The molecule has 0 aromatic heterocycles. The lowest BCUT2D eigenvalue weighted by Gasteiger charge is -2.42. The first kappa shape index (κ1) is 20.4. The molecule has 3 aromatic carbocycles. The summed E-state index contributed by atoms with van der Waals surface area (Å²) in [6, 6.07) is 19.5. The van der Waals surface area contributed by atoms with E-state index < -0.39 is 0 Å². The van der Waals surface area contributed by atoms with Crippen molar-refractivity contribution in [3.8, 4) is 0 Å². The molecule has 1 aliphatic rings. The van der Waals surface area contributed by atoms with Gasteiger partial charge in [-0.2, -0.15) is 0 Å². The van der Waals surface area contributed by atoms with E-state index >= 15 is 0 Å². The monoisotopic (exact) mass is 448 g/mol. The average Bonchev–Trinajstić information content (AvgIpc) is 2.68. The van der Waals surface area contributed by atoms with Crippen LogP contribution in [0.5, 0.6) is 0 Å². The van der Waals surface area contributed by atoms with Crippen LogP contribution >= 0.6 is 15.9 Å². The molecule has 0 unspecified atom stereocenters. The van der Waals surface area contributed by atoms with Crippen molar-refractivity contribution in [2.75, 3.05) is 6.61 Å². The molecular formula is C27H29BrO. The highest BCUT2D eigenvalue weighted by Gasteiger charge is 2.37. The number of halogens is 1. The van der Waals surface area contributed by atoms with E-state index in [4.69, 9.17) is 0 Å². The van der Waals surface area contributed by atoms with Gasteiger partial charge in [-0.1, -0.05) is 80.0 Å². The van der Waals surface area contributed by atoms with Gasteiger partial charge >= 0.3 is 0 Å². The number of hydrogen-bond donors (Lipinski definition) is 1. The van der Waals surface area contributed by atoms with Gasteiger partial charge in [0.05, 0.1) is 6.61 Å². The zero-order chi connectivity index (χ0) is 20.8. The van der Waals surface area contributed by atoms with Gasteiger partial charge in [-0.25, -0.2) is 0 Å². The number of aliphatic hydroxyl groups is 1. The first-order valence-corrected chi connectivity index (χ1v) is 11.2. The van der Waals surface area contributed by atoms with Crippen molar-refractivity contribution in [1.82, 2.24) is 0 Å². The lowest BCUT2D eigenvalue weighted by Crippen LogP contribution is -2.33. The Morgan fingerprint density at radius 3 is 2.17 bits per heavy atom. The van der Waals surface area contributed by atoms with Crippen molar-refractivity contribution in [3.05, 3.63) is 81.3 Å². The summed E-state index contributed by atoms with van der Waals surface area (Å²) in [5.74, 6) is 0. The van der Waals surface area contributed by atoms with Crippen molar-refractivity contribution in [1.29, 1.82) is 0 Å². The fourth-order valence-corrected chi connectivity index (χ4v) is 4.93. The van der Waals surface area contributed by atoms with Crippen molar-refractivity contribution < 1.29 is 5.11 Å². The fourth-order valence-electron chi connectivity index (χ4n) is 4.53. The number of benzene rings is 3. The molecule has 0 saturated carbocycles. The zero-order valence-corrected chi connectivity index (χ0v) is 19.3. The molecule has 0 bridgehead atoms. The van der Waals surface area contributed by atoms with Crippen LogP contribution < -0.4 is 0 Å². The second-order valence-corrected chi connectivity index (χ2v) is 10.5. The molecule has 0 atom stereocenters. The molecule has 0 amide bonds. The molecule has 0 fully saturated rings. The Labute approximate surface area is 182 Å². The van der Waals surface area contributed by atoms with Crippen molar-refractivity contribution in [3.63, 3.8) is 0 Å². The highest BCUT2D eigenvalue weighted by atomic mass is 79.9. The van der Waals surface area contributed by atoms with E-state index in [0.29, 0.717) is 0 Å². The van der Waals surface area contributed by atoms with Gasteiger partial charge in [0.25, 0.3) is 0 Å². The second kappa shape index (κ2) is 7.41. The Hall–Kier alpha value is -1.90. The van der Waals surface area contributed by atoms with E-state index in [1.807, 2.05) is 24.3 Å². The summed E-state index contributed by atoms with van der Waals surface area (Å²) in [7, 11) is 0. The normalized spacial score (nSPS) is 17.9. The Kier molecular flexibility index (Phi) is 5.21. The first-order chi connectivity index (χ1) is 13.7. The van der Waals surface area contributed by atoms with Crippen LogP contribution in [-0.4, -0.2) is 11.7 Å². The van der Waals surface area contributed by atoms with E-state index in [-0.39, 0.29) is 17.4 Å². The maximum absolute atomic E-state index is 9.95. The van der Waals surface area contributed by atoms with Gasteiger partial charge in [0.15, 0.2) is 0 Å². The lowest BCUT2D eigenvalue weighted by molar-refractivity contribution is 0.332. The van der Waals surface area contributed by atoms with Crippen LogP contribution in [0.3, 0.4) is 0 Å². The summed E-state index contributed by atoms with van der Waals surface area (Å²) in [5, 5.41) is 12.5. The van der Waals surface area contributed by atoms with Gasteiger partial charge < -0.3 is 5.11 Å². The molecule has 0 saturated heterocycles. The summed E-state index contributed by atoms with van der Waals surface area (Å²) in [5.41, 5.74) is 6.49. The van der Waals surface area contributed by atoms with Crippen LogP contribution in [0.4, 0.5) is 0 Å². The topological polar surface area (TPSA) is 20.2 Å². The van der Waals surface area contributed by atoms with Crippen molar-refractivity contribution in [2.24, 2.45) is 0 Å². The zero-order valence-electron chi connectivity index (χ0n) is 17.7. The summed E-state index contributed by atoms with van der Waals surface area (Å²) in [6.45, 7) is 9.49. The van der Waals surface area contributed by atoms with Crippen LogP contribution in [-0.2, 0) is 10.8 Å². The standard InChI is InChI=1S/C27H29BrO/c1-26(2)10-11-27(3,4)25-16-21-12-18(8-9-20(21)15-24(25)26)13-22(17-29)19-6-5-7-23(28)14-19/h5-9,12-16,29H,10-11,17H2,1-4H3. The van der Waals surface area contributed by atoms with Crippen LogP contribution in [0.1, 0.15) is 62.8 Å². The molecule has 1 N–H and O–H groups in total. The minimum atomic E-state index is 0.0138. The quantitative estimate of drug-likeness (QED) is 0.411. The van der Waals surface area contributed by atoms with E-state index in [2.05, 4.69) is 80.0 Å². The number of aliphatic hydroxyl groups excluding tert-OH is 1. The van der Waals surface area contributed by atoms with Crippen molar-refractivity contribution in [2.45, 2.75) is 51.4 Å². The molecular weight excluding hydrogens is 420 g/mol. The maximum atomic E-state index is 9.95. The van der Waals surface area contributed by atoms with E-state index in [1.54, 1.807) is 0 Å². The predicted molar refractivity (Wildman–Crippen MR) is 128 cm³/mol. The fraction of sp³-hybridized carbons (Fsp3) is 0.333. The molecule has 2 heteroatoms. The Morgan fingerprint density at radius 1 is 0.897 bits per heavy atom. The Balaban J connectivity index is 1.82. The maximum Gasteiger partial charge on any atom is 0.0687 e.